The molecule has 32 heavy (non-hydrogen) atoms. The van der Waals surface area contributed by atoms with E-state index in [1.807, 2.05) is 31.2 Å². The van der Waals surface area contributed by atoms with Crippen LogP contribution in [0.2, 0.25) is 0 Å². The van der Waals surface area contributed by atoms with Gasteiger partial charge >= 0.3 is 5.97 Å². The third-order valence-electron chi connectivity index (χ3n) is 7.22. The number of esters is 1. The molecule has 0 atom stereocenters. The number of aryl methyl sites for hydroxylation is 2. The number of carbonyl (C=O) groups is 1. The Balaban J connectivity index is 1.13. The van der Waals surface area contributed by atoms with Gasteiger partial charge in [-0.25, -0.2) is 14.6 Å². The molecular formula is C28H36O4. The monoisotopic (exact) mass is 436 g/mol. The second-order valence-corrected chi connectivity index (χ2v) is 9.69. The lowest BCUT2D eigenvalue weighted by atomic mass is 9.72. The van der Waals surface area contributed by atoms with E-state index in [2.05, 4.69) is 31.2 Å². The summed E-state index contributed by atoms with van der Waals surface area (Å²) >= 11 is 0. The highest BCUT2D eigenvalue weighted by molar-refractivity contribution is 5.89. The van der Waals surface area contributed by atoms with Crippen LogP contribution in [0.5, 0.6) is 0 Å². The predicted molar refractivity (Wildman–Crippen MR) is 125 cm³/mol. The fourth-order valence-corrected chi connectivity index (χ4v) is 5.13. The molecule has 2 aliphatic carbocycles. The van der Waals surface area contributed by atoms with E-state index in [4.69, 9.17) is 14.5 Å². The van der Waals surface area contributed by atoms with Crippen molar-refractivity contribution in [1.29, 1.82) is 0 Å². The van der Waals surface area contributed by atoms with Gasteiger partial charge in [-0.2, -0.15) is 0 Å². The lowest BCUT2D eigenvalue weighted by molar-refractivity contribution is -0.338. The van der Waals surface area contributed by atoms with E-state index in [0.717, 1.165) is 61.5 Å². The zero-order chi connectivity index (χ0) is 22.3. The molecule has 172 valence electrons. The van der Waals surface area contributed by atoms with E-state index in [1.165, 1.54) is 18.4 Å². The van der Waals surface area contributed by atoms with Crippen LogP contribution in [0, 0.1) is 25.7 Å². The van der Waals surface area contributed by atoms with Gasteiger partial charge in [-0.1, -0.05) is 47.5 Å². The normalized spacial score (nSPS) is 25.9. The first-order valence-corrected chi connectivity index (χ1v) is 12.2. The molecule has 2 aliphatic rings. The minimum atomic E-state index is -0.184. The van der Waals surface area contributed by atoms with Gasteiger partial charge in [0, 0.05) is 0 Å². The molecule has 0 bridgehead atoms. The molecule has 0 spiro atoms. The number of ether oxygens (including phenoxy) is 1. The van der Waals surface area contributed by atoms with Crippen LogP contribution in [0.1, 0.15) is 78.4 Å². The summed E-state index contributed by atoms with van der Waals surface area (Å²) in [5.41, 5.74) is 4.20. The maximum absolute atomic E-state index is 12.4. The molecule has 0 aromatic heterocycles. The Morgan fingerprint density at radius 1 is 0.719 bits per heavy atom. The smallest absolute Gasteiger partial charge is 0.338 e. The molecule has 4 heteroatoms. The van der Waals surface area contributed by atoms with E-state index in [1.54, 1.807) is 0 Å². The molecule has 0 N–H and O–H groups in total. The van der Waals surface area contributed by atoms with Crippen LogP contribution in [0.15, 0.2) is 48.5 Å². The highest BCUT2D eigenvalue weighted by atomic mass is 17.2. The molecule has 2 saturated carbocycles. The van der Waals surface area contributed by atoms with Gasteiger partial charge in [0.15, 0.2) is 0 Å². The Morgan fingerprint density at radius 3 is 1.78 bits per heavy atom. The van der Waals surface area contributed by atoms with Crippen LogP contribution in [0.25, 0.3) is 0 Å². The SMILES string of the molecule is Cc1ccc(COOC2CCC(C3CCC(OC(=O)c4ccc(C)cc4)CC3)CC2)cc1. The fraction of sp³-hybridized carbons (Fsp3) is 0.536. The molecule has 0 saturated heterocycles. The van der Waals surface area contributed by atoms with E-state index in [9.17, 15) is 4.79 Å². The standard InChI is InChI=1S/C28H36O4/c1-20-3-7-22(8-4-20)19-30-32-27-17-13-24(14-18-27)23-11-15-26(16-12-23)31-28(29)25-9-5-21(2)6-10-25/h3-10,23-24,26-27H,11-19H2,1-2H3. The van der Waals surface area contributed by atoms with Gasteiger partial charge in [0.05, 0.1) is 11.7 Å². The van der Waals surface area contributed by atoms with Crippen LogP contribution >= 0.6 is 0 Å². The van der Waals surface area contributed by atoms with Crippen LogP contribution in [-0.4, -0.2) is 18.2 Å². The van der Waals surface area contributed by atoms with Gasteiger partial charge in [0.1, 0.15) is 12.7 Å². The van der Waals surface area contributed by atoms with Crippen molar-refractivity contribution in [3.63, 3.8) is 0 Å². The topological polar surface area (TPSA) is 44.8 Å². The number of carbonyl (C=O) groups excluding carboxylic acids is 1. The Hall–Kier alpha value is -2.17. The predicted octanol–water partition coefficient (Wildman–Crippen LogP) is 6.73. The molecule has 2 fully saturated rings. The lowest BCUT2D eigenvalue weighted by Crippen LogP contribution is -2.31. The van der Waals surface area contributed by atoms with E-state index < -0.39 is 0 Å². The molecule has 0 amide bonds. The van der Waals surface area contributed by atoms with Crippen LogP contribution in [0.3, 0.4) is 0 Å². The summed E-state index contributed by atoms with van der Waals surface area (Å²) in [7, 11) is 0. The van der Waals surface area contributed by atoms with Crippen molar-refractivity contribution >= 4 is 5.97 Å². The van der Waals surface area contributed by atoms with E-state index in [-0.39, 0.29) is 18.2 Å². The van der Waals surface area contributed by atoms with Crippen LogP contribution < -0.4 is 0 Å². The first kappa shape index (κ1) is 23.0. The maximum Gasteiger partial charge on any atom is 0.338 e. The van der Waals surface area contributed by atoms with Gasteiger partial charge in [0.2, 0.25) is 0 Å². The summed E-state index contributed by atoms with van der Waals surface area (Å²) in [6, 6.07) is 16.0. The summed E-state index contributed by atoms with van der Waals surface area (Å²) in [4.78, 5) is 23.6. The molecule has 0 heterocycles. The van der Waals surface area contributed by atoms with Crippen LogP contribution in [-0.2, 0) is 21.1 Å². The molecule has 4 nitrogen and oxygen atoms in total. The second-order valence-electron chi connectivity index (χ2n) is 9.69. The Labute approximate surface area is 192 Å². The van der Waals surface area contributed by atoms with Crippen molar-refractivity contribution in [1.82, 2.24) is 0 Å². The quantitative estimate of drug-likeness (QED) is 0.274. The Bertz CT molecular complexity index is 842. The van der Waals surface area contributed by atoms with Crippen molar-refractivity contribution in [3.8, 4) is 0 Å². The van der Waals surface area contributed by atoms with Crippen molar-refractivity contribution in [3.05, 3.63) is 70.8 Å². The summed E-state index contributed by atoms with van der Waals surface area (Å²) in [5, 5.41) is 0. The van der Waals surface area contributed by atoms with Crippen molar-refractivity contribution < 1.29 is 19.3 Å². The fourth-order valence-electron chi connectivity index (χ4n) is 5.13. The zero-order valence-corrected chi connectivity index (χ0v) is 19.4. The molecule has 0 aliphatic heterocycles. The summed E-state index contributed by atoms with van der Waals surface area (Å²) < 4.78 is 5.78. The second kappa shape index (κ2) is 11.1. The third kappa shape index (κ3) is 6.43. The lowest BCUT2D eigenvalue weighted by Gasteiger charge is -2.37. The zero-order valence-electron chi connectivity index (χ0n) is 19.4. The van der Waals surface area contributed by atoms with Crippen LogP contribution in [0.4, 0.5) is 0 Å². The highest BCUT2D eigenvalue weighted by Crippen LogP contribution is 2.39. The molecule has 0 unspecified atom stereocenters. The van der Waals surface area contributed by atoms with Crippen molar-refractivity contribution in [2.24, 2.45) is 11.8 Å². The molecule has 0 radical (unpaired) electrons. The minimum absolute atomic E-state index is 0.0647. The number of benzene rings is 2. The number of hydrogen-bond acceptors (Lipinski definition) is 4. The van der Waals surface area contributed by atoms with Gasteiger partial charge < -0.3 is 4.74 Å². The van der Waals surface area contributed by atoms with Gasteiger partial charge in [0.25, 0.3) is 0 Å². The summed E-state index contributed by atoms with van der Waals surface area (Å²) in [6.07, 6.45) is 9.11. The van der Waals surface area contributed by atoms with E-state index >= 15 is 0 Å². The van der Waals surface area contributed by atoms with Gasteiger partial charge in [-0.15, -0.1) is 0 Å². The average molecular weight is 437 g/mol. The minimum Gasteiger partial charge on any atom is -0.459 e. The Morgan fingerprint density at radius 2 is 1.22 bits per heavy atom. The maximum atomic E-state index is 12.4. The molecular weight excluding hydrogens is 400 g/mol. The summed E-state index contributed by atoms with van der Waals surface area (Å²) in [6.45, 7) is 4.62. The molecule has 4 rings (SSSR count). The average Bonchev–Trinajstić information content (AvgIpc) is 2.82. The molecule has 2 aromatic carbocycles. The van der Waals surface area contributed by atoms with E-state index in [0.29, 0.717) is 12.2 Å². The van der Waals surface area contributed by atoms with Gasteiger partial charge in [-0.3, -0.25) is 0 Å². The first-order valence-electron chi connectivity index (χ1n) is 12.2. The van der Waals surface area contributed by atoms with Crippen molar-refractivity contribution in [2.45, 2.75) is 84.0 Å². The largest absolute Gasteiger partial charge is 0.459 e. The molecule has 2 aromatic rings. The first-order chi connectivity index (χ1) is 15.6. The van der Waals surface area contributed by atoms with Gasteiger partial charge in [-0.05, 0) is 94.7 Å². The number of rotatable bonds is 7. The summed E-state index contributed by atoms with van der Waals surface area (Å²) in [5.74, 6) is 1.33. The highest BCUT2D eigenvalue weighted by Gasteiger charge is 2.32. The van der Waals surface area contributed by atoms with Crippen molar-refractivity contribution in [2.75, 3.05) is 0 Å². The Kier molecular flexibility index (Phi) is 7.99. The third-order valence-corrected chi connectivity index (χ3v) is 7.22. The number of hydrogen-bond donors (Lipinski definition) is 0.